The van der Waals surface area contributed by atoms with Gasteiger partial charge in [0.25, 0.3) is 0 Å². The lowest BCUT2D eigenvalue weighted by Crippen LogP contribution is -2.27. The lowest BCUT2D eigenvalue weighted by atomic mass is 10.0. The van der Waals surface area contributed by atoms with Crippen LogP contribution in [-0.4, -0.2) is 12.2 Å². The van der Waals surface area contributed by atoms with Crippen LogP contribution in [0.1, 0.15) is 51.7 Å². The van der Waals surface area contributed by atoms with Crippen LogP contribution in [0.4, 0.5) is 22.0 Å². The fourth-order valence-corrected chi connectivity index (χ4v) is 3.00. The van der Waals surface area contributed by atoms with Gasteiger partial charge in [0.05, 0.1) is 0 Å². The van der Waals surface area contributed by atoms with Crippen LogP contribution in [0, 0.1) is 5.82 Å². The summed E-state index contributed by atoms with van der Waals surface area (Å²) < 4.78 is 77.9. The van der Waals surface area contributed by atoms with Crippen molar-refractivity contribution in [2.24, 2.45) is 0 Å². The van der Waals surface area contributed by atoms with E-state index in [0.29, 0.717) is 13.0 Å². The third kappa shape index (κ3) is 7.39. The standard InChI is InChI=1S/C25H27F5O2/c1-5-7-18-9-11-19(12-10-18)17(3)8-13-20(6-2)25(29,30)31-21-14-15-23(22(26)16-21)32-24(4,27)28/h8-16H,5-7H2,1-4H3/b17-8+,20-13+. The molecule has 0 saturated carbocycles. The highest BCUT2D eigenvalue weighted by molar-refractivity contribution is 5.65. The van der Waals surface area contributed by atoms with Crippen LogP contribution >= 0.6 is 0 Å². The smallest absolute Gasteiger partial charge is 0.422 e. The van der Waals surface area contributed by atoms with Gasteiger partial charge in [-0.15, -0.1) is 0 Å². The Labute approximate surface area is 185 Å². The van der Waals surface area contributed by atoms with Gasteiger partial charge in [0.15, 0.2) is 11.6 Å². The van der Waals surface area contributed by atoms with Crippen LogP contribution < -0.4 is 9.47 Å². The minimum Gasteiger partial charge on any atom is -0.430 e. The molecule has 32 heavy (non-hydrogen) atoms. The van der Waals surface area contributed by atoms with E-state index in [1.165, 1.54) is 11.6 Å². The Morgan fingerprint density at radius 1 is 0.938 bits per heavy atom. The first-order chi connectivity index (χ1) is 14.9. The molecule has 0 N–H and O–H groups in total. The largest absolute Gasteiger partial charge is 0.430 e. The normalized spacial score (nSPS) is 13.3. The molecule has 0 amide bonds. The van der Waals surface area contributed by atoms with Gasteiger partial charge < -0.3 is 9.47 Å². The van der Waals surface area contributed by atoms with Gasteiger partial charge in [-0.2, -0.15) is 17.6 Å². The number of allylic oxidation sites excluding steroid dienone is 3. The summed E-state index contributed by atoms with van der Waals surface area (Å²) in [4.78, 5) is 0. The van der Waals surface area contributed by atoms with E-state index in [1.807, 2.05) is 31.2 Å². The lowest BCUT2D eigenvalue weighted by Gasteiger charge is -2.21. The average Bonchev–Trinajstić information content (AvgIpc) is 2.70. The molecule has 0 radical (unpaired) electrons. The van der Waals surface area contributed by atoms with E-state index < -0.39 is 29.5 Å². The van der Waals surface area contributed by atoms with Crippen LogP contribution in [0.15, 0.2) is 60.2 Å². The molecule has 7 heteroatoms. The van der Waals surface area contributed by atoms with Crippen molar-refractivity contribution in [3.8, 4) is 11.5 Å². The van der Waals surface area contributed by atoms with Gasteiger partial charge in [-0.25, -0.2) is 4.39 Å². The molecule has 0 heterocycles. The second-order valence-electron chi connectivity index (χ2n) is 7.46. The van der Waals surface area contributed by atoms with Crippen molar-refractivity contribution < 1.29 is 31.4 Å². The van der Waals surface area contributed by atoms with Gasteiger partial charge in [0.2, 0.25) is 0 Å². The highest BCUT2D eigenvalue weighted by Gasteiger charge is 2.36. The number of hydrogen-bond acceptors (Lipinski definition) is 2. The van der Waals surface area contributed by atoms with E-state index in [-0.39, 0.29) is 12.0 Å². The molecule has 2 rings (SSSR count). The van der Waals surface area contributed by atoms with Crippen molar-refractivity contribution in [3.05, 3.63) is 77.1 Å². The highest BCUT2D eigenvalue weighted by atomic mass is 19.3. The van der Waals surface area contributed by atoms with E-state index in [0.717, 1.165) is 36.1 Å². The van der Waals surface area contributed by atoms with Crippen molar-refractivity contribution in [1.29, 1.82) is 0 Å². The summed E-state index contributed by atoms with van der Waals surface area (Å²) in [5.41, 5.74) is 2.59. The molecule has 0 unspecified atom stereocenters. The maximum absolute atomic E-state index is 14.7. The predicted octanol–water partition coefficient (Wildman–Crippen LogP) is 8.18. The van der Waals surface area contributed by atoms with Gasteiger partial charge in [-0.1, -0.05) is 56.7 Å². The van der Waals surface area contributed by atoms with E-state index in [9.17, 15) is 22.0 Å². The van der Waals surface area contributed by atoms with Gasteiger partial charge in [-0.05, 0) is 48.6 Å². The molecule has 0 bridgehead atoms. The van der Waals surface area contributed by atoms with Crippen molar-refractivity contribution >= 4 is 5.57 Å². The summed E-state index contributed by atoms with van der Waals surface area (Å²) in [6.45, 7) is 5.90. The van der Waals surface area contributed by atoms with E-state index in [2.05, 4.69) is 16.4 Å². The molecule has 0 aliphatic heterocycles. The molecule has 2 aromatic rings. The van der Waals surface area contributed by atoms with Crippen molar-refractivity contribution in [2.75, 3.05) is 0 Å². The Hall–Kier alpha value is -2.83. The van der Waals surface area contributed by atoms with Gasteiger partial charge >= 0.3 is 12.2 Å². The van der Waals surface area contributed by atoms with Crippen molar-refractivity contribution in [1.82, 2.24) is 0 Å². The Balaban J connectivity index is 2.18. The van der Waals surface area contributed by atoms with Crippen molar-refractivity contribution in [2.45, 2.75) is 59.2 Å². The number of alkyl halides is 4. The second-order valence-corrected chi connectivity index (χ2v) is 7.46. The van der Waals surface area contributed by atoms with Crippen LogP contribution in [0.3, 0.4) is 0 Å². The van der Waals surface area contributed by atoms with E-state index in [1.54, 1.807) is 13.0 Å². The summed E-state index contributed by atoms with van der Waals surface area (Å²) in [5.74, 6) is -2.50. The number of hydrogen-bond donors (Lipinski definition) is 0. The van der Waals surface area contributed by atoms with Gasteiger partial charge in [-0.3, -0.25) is 0 Å². The second kappa shape index (κ2) is 10.7. The Morgan fingerprint density at radius 3 is 2.12 bits per heavy atom. The Bertz CT molecular complexity index is 957. The SMILES string of the molecule is CCCc1ccc(/C(C)=C/C=C(\CC)C(F)(F)Oc2ccc(OC(C)(F)F)c(F)c2)cc1. The summed E-state index contributed by atoms with van der Waals surface area (Å²) >= 11 is 0. The maximum Gasteiger partial charge on any atom is 0.422 e. The molecule has 2 aromatic carbocycles. The summed E-state index contributed by atoms with van der Waals surface area (Å²) in [5, 5.41) is 0. The molecule has 2 nitrogen and oxygen atoms in total. The molecule has 0 saturated heterocycles. The molecule has 0 atom stereocenters. The van der Waals surface area contributed by atoms with Gasteiger partial charge in [0, 0.05) is 18.6 Å². The van der Waals surface area contributed by atoms with E-state index in [4.69, 9.17) is 0 Å². The first kappa shape index (κ1) is 25.4. The van der Waals surface area contributed by atoms with Crippen LogP contribution in [-0.2, 0) is 6.42 Å². The van der Waals surface area contributed by atoms with E-state index >= 15 is 0 Å². The summed E-state index contributed by atoms with van der Waals surface area (Å²) in [6.07, 6.45) is -2.48. The zero-order valence-corrected chi connectivity index (χ0v) is 18.5. The number of aryl methyl sites for hydroxylation is 1. The molecule has 0 fully saturated rings. The fourth-order valence-electron chi connectivity index (χ4n) is 3.00. The quantitative estimate of drug-likeness (QED) is 0.266. The summed E-state index contributed by atoms with van der Waals surface area (Å²) in [6, 6.07) is 10.3. The molecule has 0 aromatic heterocycles. The third-order valence-electron chi connectivity index (χ3n) is 4.68. The van der Waals surface area contributed by atoms with Crippen LogP contribution in [0.2, 0.25) is 0 Å². The predicted molar refractivity (Wildman–Crippen MR) is 116 cm³/mol. The number of benzene rings is 2. The highest BCUT2D eigenvalue weighted by Crippen LogP contribution is 2.33. The molecule has 174 valence electrons. The third-order valence-corrected chi connectivity index (χ3v) is 4.68. The first-order valence-corrected chi connectivity index (χ1v) is 10.4. The van der Waals surface area contributed by atoms with Crippen molar-refractivity contribution in [3.63, 3.8) is 0 Å². The summed E-state index contributed by atoms with van der Waals surface area (Å²) in [7, 11) is 0. The molecular formula is C25H27F5O2. The number of ether oxygens (including phenoxy) is 2. The topological polar surface area (TPSA) is 18.5 Å². The Morgan fingerprint density at radius 2 is 1.59 bits per heavy atom. The minimum absolute atomic E-state index is 0.0159. The number of rotatable bonds is 10. The molecule has 0 aliphatic carbocycles. The zero-order valence-electron chi connectivity index (χ0n) is 18.5. The minimum atomic E-state index is -3.72. The maximum atomic E-state index is 14.7. The monoisotopic (exact) mass is 454 g/mol. The number of halogens is 5. The Kier molecular flexibility index (Phi) is 8.47. The first-order valence-electron chi connectivity index (χ1n) is 10.4. The average molecular weight is 454 g/mol. The lowest BCUT2D eigenvalue weighted by molar-refractivity contribution is -0.161. The van der Waals surface area contributed by atoms with Crippen LogP contribution in [0.5, 0.6) is 11.5 Å². The molecule has 0 spiro atoms. The molecular weight excluding hydrogens is 427 g/mol. The molecule has 0 aliphatic rings. The fraction of sp³-hybridized carbons (Fsp3) is 0.360. The van der Waals surface area contributed by atoms with Gasteiger partial charge in [0.1, 0.15) is 5.75 Å². The van der Waals surface area contributed by atoms with Crippen LogP contribution in [0.25, 0.3) is 5.57 Å². The zero-order chi connectivity index (χ0) is 23.9.